The Labute approximate surface area is 157 Å². The largest absolute Gasteiger partial charge is 0.497 e. The van der Waals surface area contributed by atoms with Crippen molar-refractivity contribution in [3.63, 3.8) is 0 Å². The standard InChI is InChI=1S/C20H21N3O2S/c1-23(13-15-7-6-10-17(11-15)25-2)19(24)14-26-20-21-12-18(22-20)16-8-4-3-5-9-16/h3-12H,13-14H2,1-2H3,(H,21,22). The van der Waals surface area contributed by atoms with Crippen LogP contribution in [0.25, 0.3) is 11.3 Å². The molecule has 6 heteroatoms. The van der Waals surface area contributed by atoms with E-state index in [1.54, 1.807) is 25.3 Å². The van der Waals surface area contributed by atoms with E-state index in [0.717, 1.165) is 27.7 Å². The molecule has 134 valence electrons. The predicted octanol–water partition coefficient (Wildman–Crippen LogP) is 3.84. The molecule has 0 unspecified atom stereocenters. The van der Waals surface area contributed by atoms with Crippen LogP contribution in [0.4, 0.5) is 0 Å². The molecule has 0 aliphatic heterocycles. The summed E-state index contributed by atoms with van der Waals surface area (Å²) >= 11 is 1.41. The summed E-state index contributed by atoms with van der Waals surface area (Å²) in [6.07, 6.45) is 1.79. The molecule has 0 aliphatic rings. The highest BCUT2D eigenvalue weighted by Gasteiger charge is 2.12. The van der Waals surface area contributed by atoms with Gasteiger partial charge in [-0.1, -0.05) is 54.2 Å². The fraction of sp³-hybridized carbons (Fsp3) is 0.200. The summed E-state index contributed by atoms with van der Waals surface area (Å²) in [6, 6.07) is 17.7. The zero-order valence-electron chi connectivity index (χ0n) is 14.8. The van der Waals surface area contributed by atoms with Crippen LogP contribution in [0.2, 0.25) is 0 Å². The van der Waals surface area contributed by atoms with Crippen LogP contribution in [0, 0.1) is 0 Å². The second-order valence-corrected chi connectivity index (χ2v) is 6.82. The number of benzene rings is 2. The Morgan fingerprint density at radius 1 is 1.19 bits per heavy atom. The maximum Gasteiger partial charge on any atom is 0.233 e. The first-order valence-corrected chi connectivity index (χ1v) is 9.24. The van der Waals surface area contributed by atoms with Crippen molar-refractivity contribution in [2.75, 3.05) is 19.9 Å². The molecule has 0 radical (unpaired) electrons. The number of H-pyrrole nitrogens is 1. The molecule has 3 aromatic rings. The number of aromatic nitrogens is 2. The molecule has 0 bridgehead atoms. The maximum atomic E-state index is 12.4. The molecule has 2 aromatic carbocycles. The fourth-order valence-corrected chi connectivity index (χ4v) is 3.30. The average molecular weight is 367 g/mol. The van der Waals surface area contributed by atoms with Gasteiger partial charge in [0.2, 0.25) is 5.91 Å². The molecular formula is C20H21N3O2S. The lowest BCUT2D eigenvalue weighted by Gasteiger charge is -2.17. The van der Waals surface area contributed by atoms with Crippen molar-refractivity contribution in [1.29, 1.82) is 0 Å². The zero-order valence-corrected chi connectivity index (χ0v) is 15.6. The smallest absolute Gasteiger partial charge is 0.233 e. The lowest BCUT2D eigenvalue weighted by molar-refractivity contribution is -0.127. The number of nitrogens with zero attached hydrogens (tertiary/aromatic N) is 2. The molecule has 0 saturated carbocycles. The van der Waals surface area contributed by atoms with E-state index in [1.165, 1.54) is 11.8 Å². The Kier molecular flexibility index (Phi) is 5.96. The third-order valence-corrected chi connectivity index (χ3v) is 4.82. The van der Waals surface area contributed by atoms with Crippen molar-refractivity contribution in [2.45, 2.75) is 11.7 Å². The van der Waals surface area contributed by atoms with Gasteiger partial charge in [0, 0.05) is 13.6 Å². The minimum atomic E-state index is 0.0514. The van der Waals surface area contributed by atoms with Crippen LogP contribution in [0.3, 0.4) is 0 Å². The molecule has 1 N–H and O–H groups in total. The van der Waals surface area contributed by atoms with E-state index < -0.39 is 0 Å². The monoisotopic (exact) mass is 367 g/mol. The van der Waals surface area contributed by atoms with Gasteiger partial charge in [0.1, 0.15) is 5.75 Å². The Morgan fingerprint density at radius 3 is 2.77 bits per heavy atom. The third kappa shape index (κ3) is 4.67. The first-order chi connectivity index (χ1) is 12.7. The summed E-state index contributed by atoms with van der Waals surface area (Å²) in [7, 11) is 3.44. The van der Waals surface area contributed by atoms with E-state index in [9.17, 15) is 4.79 Å². The van der Waals surface area contributed by atoms with Crippen LogP contribution >= 0.6 is 11.8 Å². The van der Waals surface area contributed by atoms with Crippen molar-refractivity contribution in [3.05, 3.63) is 66.4 Å². The van der Waals surface area contributed by atoms with Gasteiger partial charge in [-0.25, -0.2) is 4.98 Å². The van der Waals surface area contributed by atoms with Gasteiger partial charge in [0.15, 0.2) is 5.16 Å². The van der Waals surface area contributed by atoms with E-state index in [2.05, 4.69) is 9.97 Å². The summed E-state index contributed by atoms with van der Waals surface area (Å²) in [4.78, 5) is 21.7. The summed E-state index contributed by atoms with van der Waals surface area (Å²) in [5, 5.41) is 0.743. The Morgan fingerprint density at radius 2 is 2.00 bits per heavy atom. The number of thioether (sulfide) groups is 1. The van der Waals surface area contributed by atoms with E-state index in [-0.39, 0.29) is 5.91 Å². The van der Waals surface area contributed by atoms with Crippen molar-refractivity contribution in [1.82, 2.24) is 14.9 Å². The van der Waals surface area contributed by atoms with E-state index >= 15 is 0 Å². The highest BCUT2D eigenvalue weighted by Crippen LogP contribution is 2.21. The molecule has 0 spiro atoms. The average Bonchev–Trinajstić information content (AvgIpc) is 3.16. The van der Waals surface area contributed by atoms with Crippen LogP contribution in [-0.4, -0.2) is 40.7 Å². The number of imidazole rings is 1. The Hall–Kier alpha value is -2.73. The number of ether oxygens (including phenoxy) is 1. The molecule has 1 amide bonds. The molecule has 0 aliphatic carbocycles. The van der Waals surface area contributed by atoms with Crippen LogP contribution in [0.15, 0.2) is 66.0 Å². The summed E-state index contributed by atoms with van der Waals surface area (Å²) in [5.74, 6) is 1.18. The number of carbonyl (C=O) groups excluding carboxylic acids is 1. The minimum Gasteiger partial charge on any atom is -0.497 e. The molecule has 0 fully saturated rings. The molecule has 5 nitrogen and oxygen atoms in total. The number of rotatable bonds is 7. The van der Waals surface area contributed by atoms with Gasteiger partial charge < -0.3 is 14.6 Å². The fourth-order valence-electron chi connectivity index (χ4n) is 2.51. The van der Waals surface area contributed by atoms with Crippen LogP contribution in [-0.2, 0) is 11.3 Å². The topological polar surface area (TPSA) is 58.2 Å². The second-order valence-electron chi connectivity index (χ2n) is 5.86. The van der Waals surface area contributed by atoms with Gasteiger partial charge in [0.25, 0.3) is 0 Å². The number of methoxy groups -OCH3 is 1. The number of hydrogen-bond acceptors (Lipinski definition) is 4. The minimum absolute atomic E-state index is 0.0514. The molecule has 1 heterocycles. The molecule has 0 saturated heterocycles. The summed E-state index contributed by atoms with van der Waals surface area (Å²) in [6.45, 7) is 0.546. The van der Waals surface area contributed by atoms with Gasteiger partial charge >= 0.3 is 0 Å². The van der Waals surface area contributed by atoms with Crippen LogP contribution in [0.5, 0.6) is 5.75 Å². The highest BCUT2D eigenvalue weighted by atomic mass is 32.2. The lowest BCUT2D eigenvalue weighted by Crippen LogP contribution is -2.27. The van der Waals surface area contributed by atoms with Crippen LogP contribution in [0.1, 0.15) is 5.56 Å². The highest BCUT2D eigenvalue weighted by molar-refractivity contribution is 7.99. The van der Waals surface area contributed by atoms with E-state index in [0.29, 0.717) is 12.3 Å². The van der Waals surface area contributed by atoms with E-state index in [4.69, 9.17) is 4.74 Å². The second kappa shape index (κ2) is 8.58. The third-order valence-electron chi connectivity index (χ3n) is 3.95. The van der Waals surface area contributed by atoms with Gasteiger partial charge in [-0.15, -0.1) is 0 Å². The van der Waals surface area contributed by atoms with Gasteiger partial charge in [-0.2, -0.15) is 0 Å². The maximum absolute atomic E-state index is 12.4. The zero-order chi connectivity index (χ0) is 18.4. The lowest BCUT2D eigenvalue weighted by atomic mass is 10.2. The van der Waals surface area contributed by atoms with Crippen molar-refractivity contribution in [3.8, 4) is 17.0 Å². The van der Waals surface area contributed by atoms with Crippen molar-refractivity contribution in [2.24, 2.45) is 0 Å². The van der Waals surface area contributed by atoms with E-state index in [1.807, 2.05) is 54.6 Å². The number of aromatic amines is 1. The first-order valence-electron chi connectivity index (χ1n) is 8.26. The van der Waals surface area contributed by atoms with Crippen molar-refractivity contribution < 1.29 is 9.53 Å². The summed E-state index contributed by atoms with van der Waals surface area (Å²) < 4.78 is 5.22. The van der Waals surface area contributed by atoms with Gasteiger partial charge in [0.05, 0.1) is 24.8 Å². The number of amides is 1. The Bertz CT molecular complexity index is 864. The molecule has 1 aromatic heterocycles. The van der Waals surface area contributed by atoms with Crippen LogP contribution < -0.4 is 4.74 Å². The SMILES string of the molecule is COc1cccc(CN(C)C(=O)CSc2ncc(-c3ccccc3)[nH]2)c1. The molecule has 3 rings (SSSR count). The molecule has 26 heavy (non-hydrogen) atoms. The molecule has 0 atom stereocenters. The van der Waals surface area contributed by atoms with Gasteiger partial charge in [-0.3, -0.25) is 4.79 Å². The number of nitrogens with one attached hydrogen (secondary N) is 1. The predicted molar refractivity (Wildman–Crippen MR) is 104 cm³/mol. The first kappa shape index (κ1) is 18.1. The quantitative estimate of drug-likeness (QED) is 0.645. The van der Waals surface area contributed by atoms with Gasteiger partial charge in [-0.05, 0) is 23.3 Å². The number of hydrogen-bond donors (Lipinski definition) is 1. The Balaban J connectivity index is 1.54. The number of carbonyl (C=O) groups is 1. The van der Waals surface area contributed by atoms with Crippen molar-refractivity contribution >= 4 is 17.7 Å². The molecular weight excluding hydrogens is 346 g/mol. The normalized spacial score (nSPS) is 10.5. The summed E-state index contributed by atoms with van der Waals surface area (Å²) in [5.41, 5.74) is 3.06.